The van der Waals surface area contributed by atoms with Crippen molar-refractivity contribution in [1.29, 1.82) is 5.26 Å². The first-order chi connectivity index (χ1) is 19.9. The summed E-state index contributed by atoms with van der Waals surface area (Å²) in [6, 6.07) is 19.8. The fourth-order valence-electron chi connectivity index (χ4n) is 5.28. The van der Waals surface area contributed by atoms with Gasteiger partial charge in [-0.05, 0) is 55.3 Å². The lowest BCUT2D eigenvalue weighted by atomic mass is 10.0. The van der Waals surface area contributed by atoms with Crippen molar-refractivity contribution < 1.29 is 18.7 Å². The molecule has 0 radical (unpaired) electrons. The number of amides is 2. The fourth-order valence-corrected chi connectivity index (χ4v) is 5.28. The van der Waals surface area contributed by atoms with E-state index in [2.05, 4.69) is 16.4 Å². The molecule has 2 aliphatic heterocycles. The molecule has 2 atom stereocenters. The number of aromatic nitrogens is 1. The number of aryl methyl sites for hydroxylation is 1. The van der Waals surface area contributed by atoms with E-state index in [1.807, 2.05) is 48.2 Å². The summed E-state index contributed by atoms with van der Waals surface area (Å²) in [4.78, 5) is 33.8. The van der Waals surface area contributed by atoms with Crippen molar-refractivity contribution in [1.82, 2.24) is 20.1 Å². The van der Waals surface area contributed by atoms with Gasteiger partial charge in [-0.3, -0.25) is 19.5 Å². The van der Waals surface area contributed by atoms with Gasteiger partial charge < -0.3 is 15.0 Å². The molecule has 41 heavy (non-hydrogen) atoms. The molecule has 0 bridgehead atoms. The number of likely N-dealkylation sites (tertiary alicyclic amines) is 2. The van der Waals surface area contributed by atoms with Crippen molar-refractivity contribution in [3.63, 3.8) is 0 Å². The number of rotatable bonds is 7. The minimum atomic E-state index is -1.22. The number of hydrogen-bond donors (Lipinski definition) is 1. The number of carbonyl (C=O) groups excluding carboxylic acids is 2. The normalized spacial score (nSPS) is 19.8. The maximum atomic E-state index is 15.0. The Morgan fingerprint density at radius 1 is 1.02 bits per heavy atom. The van der Waals surface area contributed by atoms with E-state index in [1.165, 1.54) is 17.8 Å². The van der Waals surface area contributed by atoms with Crippen LogP contribution in [0.25, 0.3) is 0 Å². The lowest BCUT2D eigenvalue weighted by Gasteiger charge is -2.35. The molecular formula is C32H34FN5O3. The lowest BCUT2D eigenvalue weighted by Crippen LogP contribution is -2.52. The maximum absolute atomic E-state index is 15.0. The van der Waals surface area contributed by atoms with E-state index in [0.717, 1.165) is 24.2 Å². The molecule has 2 aliphatic rings. The van der Waals surface area contributed by atoms with Crippen LogP contribution in [0.15, 0.2) is 66.9 Å². The van der Waals surface area contributed by atoms with Gasteiger partial charge in [-0.25, -0.2) is 4.39 Å². The number of nitrogens with zero attached hydrogens (tertiary/aromatic N) is 4. The average molecular weight is 556 g/mol. The van der Waals surface area contributed by atoms with Crippen molar-refractivity contribution in [2.75, 3.05) is 26.2 Å². The summed E-state index contributed by atoms with van der Waals surface area (Å²) in [6.07, 6.45) is 2.22. The summed E-state index contributed by atoms with van der Waals surface area (Å²) < 4.78 is 21.0. The number of hydrogen-bond acceptors (Lipinski definition) is 6. The zero-order chi connectivity index (χ0) is 28.8. The van der Waals surface area contributed by atoms with E-state index < -0.39 is 18.1 Å². The standard InChI is InChI=1S/C32H34FN5O3/c1-22-2-9-26(10-3-22)41-27-12-16-38(17-13-27)32(40)25-8-11-30(35-19-25)31(39)36-29-14-15-37(21-28(29)33)20-24-6-4-23(18-34)5-7-24/h2-11,19,27-29H,12-17,20-21H2,1H3,(H,36,39)/t28-,29-/m1/s1. The van der Waals surface area contributed by atoms with E-state index in [0.29, 0.717) is 43.7 Å². The van der Waals surface area contributed by atoms with Gasteiger partial charge >= 0.3 is 0 Å². The number of carbonyl (C=O) groups is 2. The van der Waals surface area contributed by atoms with E-state index in [1.54, 1.807) is 23.1 Å². The highest BCUT2D eigenvalue weighted by Gasteiger charge is 2.31. The Morgan fingerprint density at radius 2 is 1.76 bits per heavy atom. The minimum absolute atomic E-state index is 0.0631. The predicted molar refractivity (Wildman–Crippen MR) is 152 cm³/mol. The molecule has 2 fully saturated rings. The number of benzene rings is 2. The third kappa shape index (κ3) is 7.27. The average Bonchev–Trinajstić information content (AvgIpc) is 3.00. The highest BCUT2D eigenvalue weighted by molar-refractivity contribution is 5.96. The molecule has 5 rings (SSSR count). The second-order valence-electron chi connectivity index (χ2n) is 10.8. The van der Waals surface area contributed by atoms with Crippen molar-refractivity contribution in [2.45, 2.75) is 51.0 Å². The Hall–Kier alpha value is -4.29. The van der Waals surface area contributed by atoms with Crippen LogP contribution in [0.2, 0.25) is 0 Å². The van der Waals surface area contributed by atoms with Crippen LogP contribution in [0.5, 0.6) is 5.75 Å². The van der Waals surface area contributed by atoms with Gasteiger partial charge in [0.1, 0.15) is 23.7 Å². The van der Waals surface area contributed by atoms with E-state index in [-0.39, 0.29) is 24.2 Å². The summed E-state index contributed by atoms with van der Waals surface area (Å²) in [5.41, 5.74) is 3.35. The molecule has 0 unspecified atom stereocenters. The highest BCUT2D eigenvalue weighted by Crippen LogP contribution is 2.21. The molecule has 9 heteroatoms. The lowest BCUT2D eigenvalue weighted by molar-refractivity contribution is 0.0594. The van der Waals surface area contributed by atoms with Gasteiger partial charge in [0.25, 0.3) is 11.8 Å². The van der Waals surface area contributed by atoms with Crippen LogP contribution in [0.4, 0.5) is 4.39 Å². The first-order valence-corrected chi connectivity index (χ1v) is 14.0. The fraction of sp³-hybridized carbons (Fsp3) is 0.375. The number of alkyl halides is 1. The molecule has 0 aliphatic carbocycles. The van der Waals surface area contributed by atoms with Gasteiger partial charge in [0.2, 0.25) is 0 Å². The second kappa shape index (κ2) is 12.9. The Labute approximate surface area is 239 Å². The number of ether oxygens (including phenoxy) is 1. The van der Waals surface area contributed by atoms with Crippen LogP contribution in [0.3, 0.4) is 0 Å². The molecule has 8 nitrogen and oxygen atoms in total. The quantitative estimate of drug-likeness (QED) is 0.467. The summed E-state index contributed by atoms with van der Waals surface area (Å²) in [7, 11) is 0. The third-order valence-corrected chi connectivity index (χ3v) is 7.73. The van der Waals surface area contributed by atoms with Crippen LogP contribution in [0.1, 0.15) is 56.8 Å². The molecule has 2 amide bonds. The zero-order valence-electron chi connectivity index (χ0n) is 23.1. The minimum Gasteiger partial charge on any atom is -0.490 e. The monoisotopic (exact) mass is 555 g/mol. The smallest absolute Gasteiger partial charge is 0.270 e. The van der Waals surface area contributed by atoms with Crippen LogP contribution < -0.4 is 10.1 Å². The third-order valence-electron chi connectivity index (χ3n) is 7.73. The van der Waals surface area contributed by atoms with Gasteiger partial charge in [0, 0.05) is 51.8 Å². The van der Waals surface area contributed by atoms with Crippen molar-refractivity contribution in [3.8, 4) is 11.8 Å². The Kier molecular flexibility index (Phi) is 8.90. The van der Waals surface area contributed by atoms with Gasteiger partial charge in [0.15, 0.2) is 0 Å². The Bertz CT molecular complexity index is 1380. The van der Waals surface area contributed by atoms with E-state index >= 15 is 0 Å². The van der Waals surface area contributed by atoms with Crippen LogP contribution >= 0.6 is 0 Å². The van der Waals surface area contributed by atoms with Gasteiger partial charge in [-0.2, -0.15) is 5.26 Å². The molecule has 2 aromatic carbocycles. The Balaban J connectivity index is 1.07. The first-order valence-electron chi connectivity index (χ1n) is 14.0. The number of nitriles is 1. The van der Waals surface area contributed by atoms with Gasteiger partial charge in [0.05, 0.1) is 23.2 Å². The molecule has 0 saturated carbocycles. The summed E-state index contributed by atoms with van der Waals surface area (Å²) in [6.45, 7) is 4.63. The molecule has 3 heterocycles. The molecule has 3 aromatic rings. The van der Waals surface area contributed by atoms with E-state index in [4.69, 9.17) is 10.00 Å². The summed E-state index contributed by atoms with van der Waals surface area (Å²) in [5.74, 6) is 0.258. The van der Waals surface area contributed by atoms with Crippen molar-refractivity contribution >= 4 is 11.8 Å². The highest BCUT2D eigenvalue weighted by atomic mass is 19.1. The van der Waals surface area contributed by atoms with Gasteiger partial charge in [-0.1, -0.05) is 29.8 Å². The number of nitrogens with one attached hydrogen (secondary N) is 1. The summed E-state index contributed by atoms with van der Waals surface area (Å²) in [5, 5.41) is 11.7. The largest absolute Gasteiger partial charge is 0.490 e. The predicted octanol–water partition coefficient (Wildman–Crippen LogP) is 4.29. The molecule has 0 spiro atoms. The first kappa shape index (κ1) is 28.2. The molecular weight excluding hydrogens is 521 g/mol. The second-order valence-corrected chi connectivity index (χ2v) is 10.8. The van der Waals surface area contributed by atoms with Crippen LogP contribution in [-0.2, 0) is 6.54 Å². The van der Waals surface area contributed by atoms with E-state index in [9.17, 15) is 14.0 Å². The van der Waals surface area contributed by atoms with Crippen molar-refractivity contribution in [2.24, 2.45) is 0 Å². The summed E-state index contributed by atoms with van der Waals surface area (Å²) >= 11 is 0. The SMILES string of the molecule is Cc1ccc(OC2CCN(C(=O)c3ccc(C(=O)N[C@@H]4CCN(Cc5ccc(C#N)cc5)C[C@H]4F)nc3)CC2)cc1. The number of halogens is 1. The number of pyridine rings is 1. The van der Waals surface area contributed by atoms with Crippen LogP contribution in [-0.4, -0.2) is 71.1 Å². The topological polar surface area (TPSA) is 98.6 Å². The Morgan fingerprint density at radius 3 is 2.39 bits per heavy atom. The number of piperidine rings is 2. The van der Waals surface area contributed by atoms with Crippen molar-refractivity contribution in [3.05, 3.63) is 94.8 Å². The molecule has 2 saturated heterocycles. The maximum Gasteiger partial charge on any atom is 0.270 e. The van der Waals surface area contributed by atoms with Gasteiger partial charge in [-0.15, -0.1) is 0 Å². The zero-order valence-corrected chi connectivity index (χ0v) is 23.1. The molecule has 1 aromatic heterocycles. The van der Waals surface area contributed by atoms with Crippen LogP contribution in [0, 0.1) is 18.3 Å². The molecule has 1 N–H and O–H groups in total. The molecule has 212 valence electrons.